The summed E-state index contributed by atoms with van der Waals surface area (Å²) >= 11 is 1.58. The molecule has 0 saturated heterocycles. The van der Waals surface area contributed by atoms with Gasteiger partial charge in [-0.25, -0.2) is 4.98 Å². The van der Waals surface area contributed by atoms with Crippen LogP contribution in [0, 0.1) is 12.3 Å². The van der Waals surface area contributed by atoms with Gasteiger partial charge < -0.3 is 25.9 Å². The van der Waals surface area contributed by atoms with Crippen molar-refractivity contribution >= 4 is 29.0 Å². The smallest absolute Gasteiger partial charge is 0.183 e. The summed E-state index contributed by atoms with van der Waals surface area (Å²) in [5.41, 5.74) is 6.18. The van der Waals surface area contributed by atoms with Crippen LogP contribution in [-0.4, -0.2) is 35.8 Å². The summed E-state index contributed by atoms with van der Waals surface area (Å²) in [6.45, 7) is 11.1. The van der Waals surface area contributed by atoms with Gasteiger partial charge in [-0.1, -0.05) is 55.6 Å². The van der Waals surface area contributed by atoms with Crippen LogP contribution in [-0.2, 0) is 4.74 Å². The predicted molar refractivity (Wildman–Crippen MR) is 159 cm³/mol. The first-order chi connectivity index (χ1) is 18.1. The van der Waals surface area contributed by atoms with Gasteiger partial charge in [-0.3, -0.25) is 4.99 Å². The van der Waals surface area contributed by atoms with E-state index in [1.54, 1.807) is 23.8 Å². The molecule has 8 heteroatoms. The molecule has 1 aromatic heterocycles. The van der Waals surface area contributed by atoms with Crippen LogP contribution in [0.4, 0.5) is 5.13 Å². The Morgan fingerprint density at radius 2 is 2.14 bits per heavy atom. The van der Waals surface area contributed by atoms with E-state index in [4.69, 9.17) is 10.1 Å². The van der Waals surface area contributed by atoms with Crippen LogP contribution in [0.1, 0.15) is 63.6 Å². The highest BCUT2D eigenvalue weighted by atomic mass is 32.1. The van der Waals surface area contributed by atoms with Crippen molar-refractivity contribution in [2.75, 3.05) is 18.5 Å². The number of aliphatic hydroxyl groups excluding tert-OH is 1. The van der Waals surface area contributed by atoms with E-state index in [1.807, 2.05) is 65.0 Å². The van der Waals surface area contributed by atoms with E-state index in [1.165, 1.54) is 11.8 Å². The number of ether oxygens (including phenoxy) is 1. The summed E-state index contributed by atoms with van der Waals surface area (Å²) in [6.07, 6.45) is 21.6. The summed E-state index contributed by atoms with van der Waals surface area (Å²) in [5, 5.41) is 24.1. The fraction of sp³-hybridized carbons (Fsp3) is 0.379. The average molecular weight is 524 g/mol. The number of aliphatic hydroxyl groups is 1. The van der Waals surface area contributed by atoms with Crippen molar-refractivity contribution in [3.8, 4) is 0 Å². The second-order valence-electron chi connectivity index (χ2n) is 7.51. The quantitative estimate of drug-likeness (QED) is 0.0826. The summed E-state index contributed by atoms with van der Waals surface area (Å²) in [5.74, 6) is 0.553. The second kappa shape index (κ2) is 19.6. The van der Waals surface area contributed by atoms with Crippen LogP contribution in [0.25, 0.3) is 0 Å². The van der Waals surface area contributed by atoms with Crippen molar-refractivity contribution < 1.29 is 9.84 Å². The number of aryl methyl sites for hydroxylation is 1. The van der Waals surface area contributed by atoms with Gasteiger partial charge in [0, 0.05) is 24.9 Å². The number of nitrogens with one attached hydrogen (secondary N) is 3. The lowest BCUT2D eigenvalue weighted by molar-refractivity contribution is 0.205. The van der Waals surface area contributed by atoms with Gasteiger partial charge in [-0.2, -0.15) is 0 Å². The number of aromatic nitrogens is 1. The normalized spacial score (nSPS) is 14.2. The molecule has 1 atom stereocenters. The molecule has 1 aromatic rings. The molecule has 1 aliphatic carbocycles. The van der Waals surface area contributed by atoms with Crippen molar-refractivity contribution in [3.05, 3.63) is 88.2 Å². The van der Waals surface area contributed by atoms with Crippen molar-refractivity contribution in [3.63, 3.8) is 0 Å². The molecule has 0 radical (unpaired) electrons. The maximum absolute atomic E-state index is 9.26. The number of rotatable bonds is 15. The first kappa shape index (κ1) is 31.4. The highest BCUT2D eigenvalue weighted by Crippen LogP contribution is 2.31. The Morgan fingerprint density at radius 1 is 1.32 bits per heavy atom. The van der Waals surface area contributed by atoms with Gasteiger partial charge in [0.15, 0.2) is 5.13 Å². The molecule has 0 spiro atoms. The molecule has 4 N–H and O–H groups in total. The molecule has 0 amide bonds. The molecule has 1 aliphatic rings. The number of hydrogen-bond donors (Lipinski definition) is 4. The van der Waals surface area contributed by atoms with Gasteiger partial charge in [0.05, 0.1) is 23.5 Å². The third kappa shape index (κ3) is 12.3. The summed E-state index contributed by atoms with van der Waals surface area (Å²) in [7, 11) is 0. The lowest BCUT2D eigenvalue weighted by Gasteiger charge is -2.10. The summed E-state index contributed by atoms with van der Waals surface area (Å²) in [6, 6.07) is -0.254. The zero-order valence-corrected chi connectivity index (χ0v) is 23.4. The minimum atomic E-state index is -0.254. The molecular weight excluding hydrogens is 482 g/mol. The third-order valence-corrected chi connectivity index (χ3v) is 6.21. The fourth-order valence-corrected chi connectivity index (χ4v) is 4.23. The third-order valence-electron chi connectivity index (χ3n) is 5.03. The van der Waals surface area contributed by atoms with Crippen LogP contribution in [0.5, 0.6) is 0 Å². The molecule has 7 nitrogen and oxygen atoms in total. The molecule has 1 heterocycles. The molecule has 0 aromatic carbocycles. The maximum Gasteiger partial charge on any atom is 0.183 e. The van der Waals surface area contributed by atoms with Crippen LogP contribution in [0.3, 0.4) is 0 Å². The van der Waals surface area contributed by atoms with E-state index in [2.05, 4.69) is 38.5 Å². The van der Waals surface area contributed by atoms with E-state index in [0.717, 1.165) is 40.6 Å². The molecule has 0 bridgehead atoms. The second-order valence-corrected chi connectivity index (χ2v) is 8.54. The van der Waals surface area contributed by atoms with Crippen LogP contribution in [0.15, 0.2) is 82.6 Å². The maximum atomic E-state index is 9.26. The highest BCUT2D eigenvalue weighted by molar-refractivity contribution is 7.15. The minimum Gasteiger partial charge on any atom is -0.512 e. The van der Waals surface area contributed by atoms with E-state index in [0.29, 0.717) is 25.2 Å². The number of anilines is 1. The van der Waals surface area contributed by atoms with Crippen molar-refractivity contribution in [1.29, 1.82) is 5.41 Å². The van der Waals surface area contributed by atoms with Gasteiger partial charge >= 0.3 is 0 Å². The first-order valence-electron chi connectivity index (χ1n) is 12.7. The molecule has 0 fully saturated rings. The lowest BCUT2D eigenvalue weighted by Crippen LogP contribution is -2.12. The molecule has 2 rings (SSSR count). The molecule has 1 unspecified atom stereocenters. The van der Waals surface area contributed by atoms with Crippen molar-refractivity contribution in [1.82, 2.24) is 10.3 Å². The Bertz CT molecular complexity index is 1070. The SMILES string of the molecule is C/C=C(\CC/C(=C/O)OCC)NC=NC(C=CC=N)c1sc(NCCC2=CC=C=CC=C2)nc1C.CC. The van der Waals surface area contributed by atoms with Crippen molar-refractivity contribution in [2.45, 2.75) is 59.9 Å². The average Bonchev–Trinajstić information content (AvgIpc) is 3.10. The molecule has 0 aliphatic heterocycles. The number of hydrogen-bond acceptors (Lipinski definition) is 7. The fourth-order valence-electron chi connectivity index (χ4n) is 3.22. The van der Waals surface area contributed by atoms with Gasteiger partial charge in [0.2, 0.25) is 0 Å². The minimum absolute atomic E-state index is 0.254. The van der Waals surface area contributed by atoms with E-state index >= 15 is 0 Å². The van der Waals surface area contributed by atoms with Gasteiger partial charge in [-0.05, 0) is 57.4 Å². The molecule has 200 valence electrons. The van der Waals surface area contributed by atoms with Crippen LogP contribution >= 0.6 is 11.3 Å². The van der Waals surface area contributed by atoms with E-state index in [-0.39, 0.29) is 6.04 Å². The van der Waals surface area contributed by atoms with Crippen LogP contribution < -0.4 is 10.6 Å². The van der Waals surface area contributed by atoms with Crippen molar-refractivity contribution in [2.24, 2.45) is 4.99 Å². The Hall–Kier alpha value is -3.61. The van der Waals surface area contributed by atoms with E-state index in [9.17, 15) is 5.11 Å². The van der Waals surface area contributed by atoms with Gasteiger partial charge in [0.25, 0.3) is 0 Å². The lowest BCUT2D eigenvalue weighted by atomic mass is 10.1. The molecular formula is C29H41N5O2S. The highest BCUT2D eigenvalue weighted by Gasteiger charge is 2.15. The largest absolute Gasteiger partial charge is 0.512 e. The first-order valence-corrected chi connectivity index (χ1v) is 13.5. The van der Waals surface area contributed by atoms with E-state index < -0.39 is 0 Å². The van der Waals surface area contributed by atoms with Gasteiger partial charge in [0.1, 0.15) is 18.1 Å². The number of allylic oxidation sites excluding steroid dienone is 8. The number of thiazole rings is 1. The summed E-state index contributed by atoms with van der Waals surface area (Å²) in [4.78, 5) is 10.4. The Balaban J connectivity index is 0.00000334. The standard InChI is InChI=1S/C27H35N5O2S.C2H6/c1-4-23(14-15-24(19-33)34-5-2)30-20-31-25(13-10-17-28)26-21(3)32-27(35-26)29-18-16-22-11-8-6-7-9-12-22;1-2/h4,6,8-13,17,19-20,25,28,33H,5,14-16,18H2,1-3H3,(H,29,32)(H,30,31);1-2H3/b13-10?,23-4+,24-19-,28-17?;. The number of aliphatic imine (C=N–C) groups is 1. The van der Waals surface area contributed by atoms with Gasteiger partial charge in [-0.15, -0.1) is 5.73 Å². The Kier molecular flexibility index (Phi) is 16.6. The monoisotopic (exact) mass is 523 g/mol. The van der Waals surface area contributed by atoms with Crippen LogP contribution in [0.2, 0.25) is 0 Å². The zero-order valence-electron chi connectivity index (χ0n) is 22.6. The molecule has 0 saturated carbocycles. The number of nitrogens with zero attached hydrogens (tertiary/aromatic N) is 2. The summed E-state index contributed by atoms with van der Waals surface area (Å²) < 4.78 is 5.38. The topological polar surface area (TPSA) is 103 Å². The predicted octanol–water partition coefficient (Wildman–Crippen LogP) is 7.47. The Morgan fingerprint density at radius 3 is 2.84 bits per heavy atom. The zero-order chi connectivity index (χ0) is 27.3. The Labute approximate surface area is 226 Å². The molecule has 37 heavy (non-hydrogen) atoms.